The zero-order valence-corrected chi connectivity index (χ0v) is 12.8. The van der Waals surface area contributed by atoms with Crippen LogP contribution in [-0.4, -0.2) is 0 Å². The molecule has 0 nitrogen and oxygen atoms in total. The van der Waals surface area contributed by atoms with Crippen molar-refractivity contribution in [3.8, 4) is 0 Å². The SMILES string of the molecule is C=CCCC=C(C)CCC=C(C)CCC=C(C)C. The summed E-state index contributed by atoms with van der Waals surface area (Å²) >= 11 is 0. The highest BCUT2D eigenvalue weighted by atomic mass is 14.0. The van der Waals surface area contributed by atoms with Gasteiger partial charge in [-0.2, -0.15) is 0 Å². The summed E-state index contributed by atoms with van der Waals surface area (Å²) in [4.78, 5) is 0. The molecule has 102 valence electrons. The number of hydrogen-bond donors (Lipinski definition) is 0. The molecule has 0 bridgehead atoms. The van der Waals surface area contributed by atoms with E-state index in [2.05, 4.69) is 52.5 Å². The van der Waals surface area contributed by atoms with Gasteiger partial charge in [0, 0.05) is 0 Å². The summed E-state index contributed by atoms with van der Waals surface area (Å²) in [6.45, 7) is 12.5. The molecule has 0 atom stereocenters. The zero-order valence-electron chi connectivity index (χ0n) is 12.8. The summed E-state index contributed by atoms with van der Waals surface area (Å²) in [5, 5.41) is 0. The third-order valence-corrected chi connectivity index (χ3v) is 2.99. The van der Waals surface area contributed by atoms with Gasteiger partial charge in [0.15, 0.2) is 0 Å². The molecule has 0 aliphatic carbocycles. The Balaban J connectivity index is 3.82. The van der Waals surface area contributed by atoms with Crippen LogP contribution in [0.1, 0.15) is 66.2 Å². The van der Waals surface area contributed by atoms with Crippen molar-refractivity contribution in [2.45, 2.75) is 66.2 Å². The fraction of sp³-hybridized carbons (Fsp3) is 0.556. The normalized spacial score (nSPS) is 12.4. The maximum atomic E-state index is 3.74. The second-order valence-electron chi connectivity index (χ2n) is 5.33. The lowest BCUT2D eigenvalue weighted by Gasteiger charge is -2.01. The van der Waals surface area contributed by atoms with Gasteiger partial charge in [-0.3, -0.25) is 0 Å². The van der Waals surface area contributed by atoms with E-state index in [4.69, 9.17) is 0 Å². The first-order valence-corrected chi connectivity index (χ1v) is 7.11. The highest BCUT2D eigenvalue weighted by molar-refractivity contribution is 5.05. The summed E-state index contributed by atoms with van der Waals surface area (Å²) in [6.07, 6.45) is 16.0. The number of allylic oxidation sites excluding steroid dienone is 7. The second kappa shape index (κ2) is 11.1. The van der Waals surface area contributed by atoms with E-state index in [-0.39, 0.29) is 0 Å². The highest BCUT2D eigenvalue weighted by Gasteiger charge is 1.91. The van der Waals surface area contributed by atoms with Gasteiger partial charge < -0.3 is 0 Å². The molecule has 0 aromatic rings. The molecule has 0 heteroatoms. The third-order valence-electron chi connectivity index (χ3n) is 2.99. The lowest BCUT2D eigenvalue weighted by molar-refractivity contribution is 0.907. The van der Waals surface area contributed by atoms with Gasteiger partial charge >= 0.3 is 0 Å². The Labute approximate surface area is 114 Å². The molecule has 0 fully saturated rings. The molecular formula is C18H30. The van der Waals surface area contributed by atoms with Gasteiger partial charge in [-0.25, -0.2) is 0 Å². The van der Waals surface area contributed by atoms with Crippen LogP contribution < -0.4 is 0 Å². The van der Waals surface area contributed by atoms with E-state index in [0.717, 1.165) is 12.8 Å². The molecule has 0 saturated carbocycles. The topological polar surface area (TPSA) is 0 Å². The average Bonchev–Trinajstić information content (AvgIpc) is 2.29. The molecule has 0 unspecified atom stereocenters. The molecule has 0 aliphatic rings. The summed E-state index contributed by atoms with van der Waals surface area (Å²) in [7, 11) is 0. The van der Waals surface area contributed by atoms with Crippen LogP contribution in [0.15, 0.2) is 47.6 Å². The Hall–Kier alpha value is -1.04. The van der Waals surface area contributed by atoms with Crippen molar-refractivity contribution in [1.29, 1.82) is 0 Å². The number of unbranched alkanes of at least 4 members (excludes halogenated alkanes) is 1. The Morgan fingerprint density at radius 1 is 0.722 bits per heavy atom. The minimum atomic E-state index is 1.09. The molecule has 0 aliphatic heterocycles. The minimum absolute atomic E-state index is 1.09. The van der Waals surface area contributed by atoms with Crippen molar-refractivity contribution < 1.29 is 0 Å². The maximum absolute atomic E-state index is 3.74. The predicted octanol–water partition coefficient (Wildman–Crippen LogP) is 6.37. The monoisotopic (exact) mass is 246 g/mol. The fourth-order valence-electron chi connectivity index (χ4n) is 1.79. The van der Waals surface area contributed by atoms with Gasteiger partial charge in [0.1, 0.15) is 0 Å². The first-order valence-electron chi connectivity index (χ1n) is 7.11. The van der Waals surface area contributed by atoms with Gasteiger partial charge in [0.2, 0.25) is 0 Å². The molecule has 0 heterocycles. The summed E-state index contributed by atoms with van der Waals surface area (Å²) in [5.74, 6) is 0. The largest absolute Gasteiger partial charge is 0.103 e. The average molecular weight is 246 g/mol. The molecular weight excluding hydrogens is 216 g/mol. The lowest BCUT2D eigenvalue weighted by atomic mass is 10.1. The Bertz CT molecular complexity index is 309. The predicted molar refractivity (Wildman–Crippen MR) is 84.8 cm³/mol. The molecule has 0 amide bonds. The molecule has 0 aromatic carbocycles. The lowest BCUT2D eigenvalue weighted by Crippen LogP contribution is -1.81. The van der Waals surface area contributed by atoms with Crippen LogP contribution in [0, 0.1) is 0 Å². The van der Waals surface area contributed by atoms with Crippen LogP contribution in [0.2, 0.25) is 0 Å². The molecule has 0 radical (unpaired) electrons. The van der Waals surface area contributed by atoms with Crippen molar-refractivity contribution >= 4 is 0 Å². The molecule has 0 aromatic heterocycles. The molecule has 0 N–H and O–H groups in total. The van der Waals surface area contributed by atoms with Gasteiger partial charge in [-0.05, 0) is 66.2 Å². The Morgan fingerprint density at radius 3 is 1.72 bits per heavy atom. The van der Waals surface area contributed by atoms with E-state index in [1.165, 1.54) is 42.4 Å². The molecule has 18 heavy (non-hydrogen) atoms. The van der Waals surface area contributed by atoms with Gasteiger partial charge in [-0.15, -0.1) is 6.58 Å². The van der Waals surface area contributed by atoms with Crippen LogP contribution in [-0.2, 0) is 0 Å². The Kier molecular flexibility index (Phi) is 10.4. The second-order valence-corrected chi connectivity index (χ2v) is 5.33. The zero-order chi connectivity index (χ0) is 13.8. The molecule has 0 spiro atoms. The van der Waals surface area contributed by atoms with Crippen LogP contribution in [0.4, 0.5) is 0 Å². The first-order chi connectivity index (χ1) is 8.56. The van der Waals surface area contributed by atoms with E-state index < -0.39 is 0 Å². The van der Waals surface area contributed by atoms with Crippen LogP contribution in [0.5, 0.6) is 0 Å². The summed E-state index contributed by atoms with van der Waals surface area (Å²) < 4.78 is 0. The van der Waals surface area contributed by atoms with Crippen molar-refractivity contribution in [1.82, 2.24) is 0 Å². The van der Waals surface area contributed by atoms with Gasteiger partial charge in [0.25, 0.3) is 0 Å². The van der Waals surface area contributed by atoms with Crippen LogP contribution in [0.3, 0.4) is 0 Å². The summed E-state index contributed by atoms with van der Waals surface area (Å²) in [5.41, 5.74) is 4.44. The van der Waals surface area contributed by atoms with Crippen LogP contribution >= 0.6 is 0 Å². The maximum Gasteiger partial charge on any atom is -0.0288 e. The smallest absolute Gasteiger partial charge is 0.0288 e. The third kappa shape index (κ3) is 11.4. The van der Waals surface area contributed by atoms with E-state index >= 15 is 0 Å². The van der Waals surface area contributed by atoms with E-state index in [0.29, 0.717) is 0 Å². The van der Waals surface area contributed by atoms with E-state index in [1.807, 2.05) is 6.08 Å². The van der Waals surface area contributed by atoms with Crippen LogP contribution in [0.25, 0.3) is 0 Å². The standard InChI is InChI=1S/C18H30/c1-6-7-8-12-17(4)14-10-15-18(5)13-9-11-16(2)3/h6,11-12,15H,1,7-10,13-14H2,2-5H3. The van der Waals surface area contributed by atoms with Gasteiger partial charge in [0.05, 0.1) is 0 Å². The quantitative estimate of drug-likeness (QED) is 0.327. The van der Waals surface area contributed by atoms with Crippen molar-refractivity contribution in [2.24, 2.45) is 0 Å². The fourth-order valence-corrected chi connectivity index (χ4v) is 1.79. The van der Waals surface area contributed by atoms with E-state index in [9.17, 15) is 0 Å². The molecule has 0 saturated heterocycles. The van der Waals surface area contributed by atoms with E-state index in [1.54, 1.807) is 0 Å². The van der Waals surface area contributed by atoms with Gasteiger partial charge in [-0.1, -0.05) is 41.0 Å². The summed E-state index contributed by atoms with van der Waals surface area (Å²) in [6, 6.07) is 0. The number of rotatable bonds is 9. The Morgan fingerprint density at radius 2 is 1.22 bits per heavy atom. The minimum Gasteiger partial charge on any atom is -0.103 e. The van der Waals surface area contributed by atoms with Crippen molar-refractivity contribution in [3.63, 3.8) is 0 Å². The number of hydrogen-bond acceptors (Lipinski definition) is 0. The molecule has 0 rings (SSSR count). The van der Waals surface area contributed by atoms with Crippen molar-refractivity contribution in [2.75, 3.05) is 0 Å². The first kappa shape index (κ1) is 17.0. The van der Waals surface area contributed by atoms with Crippen molar-refractivity contribution in [3.05, 3.63) is 47.6 Å². The highest BCUT2D eigenvalue weighted by Crippen LogP contribution is 2.12.